The van der Waals surface area contributed by atoms with Gasteiger partial charge in [0.25, 0.3) is 11.8 Å². The monoisotopic (exact) mass is 365 g/mol. The number of carbonyl (C=O) groups is 2. The van der Waals surface area contributed by atoms with E-state index in [-0.39, 0.29) is 17.2 Å². The van der Waals surface area contributed by atoms with Crippen LogP contribution in [0.25, 0.3) is 0 Å². The number of H-pyrrole nitrogens is 1. The summed E-state index contributed by atoms with van der Waals surface area (Å²) in [5.74, 6) is -0.773. The molecule has 0 radical (unpaired) electrons. The fourth-order valence-corrected chi connectivity index (χ4v) is 2.64. The number of ether oxygens (including phenoxy) is 1. The smallest absolute Gasteiger partial charge is 0.269 e. The summed E-state index contributed by atoms with van der Waals surface area (Å²) in [6, 6.07) is 12.5. The normalized spacial score (nSPS) is 11.6. The molecule has 0 fully saturated rings. The Hall–Kier alpha value is -3.52. The lowest BCUT2D eigenvalue weighted by atomic mass is 10.0. The standard InChI is InChI=1S/C19H19N5O3/c1-20-19(26)16-9-13(18(25)23-14-10-21-22-11-14)8-15(24-16)17(27-2)12-6-4-3-5-7-12/h3-11,17H,1-2H3,(H,20,26)(H,21,22)(H,23,25). The Balaban J connectivity index is 2.02. The number of nitrogens with zero attached hydrogens (tertiary/aromatic N) is 2. The highest BCUT2D eigenvalue weighted by atomic mass is 16.5. The Labute approximate surface area is 156 Å². The first-order valence-corrected chi connectivity index (χ1v) is 8.24. The molecular weight excluding hydrogens is 346 g/mol. The maximum Gasteiger partial charge on any atom is 0.269 e. The van der Waals surface area contributed by atoms with E-state index < -0.39 is 12.0 Å². The van der Waals surface area contributed by atoms with Gasteiger partial charge in [0.2, 0.25) is 0 Å². The van der Waals surface area contributed by atoms with Crippen molar-refractivity contribution in [3.8, 4) is 0 Å². The van der Waals surface area contributed by atoms with E-state index in [9.17, 15) is 9.59 Å². The summed E-state index contributed by atoms with van der Waals surface area (Å²) < 4.78 is 5.59. The highest BCUT2D eigenvalue weighted by molar-refractivity contribution is 6.05. The van der Waals surface area contributed by atoms with Crippen LogP contribution in [0.5, 0.6) is 0 Å². The minimum absolute atomic E-state index is 0.130. The SMILES string of the molecule is CNC(=O)c1cc(C(=O)Nc2cn[nH]c2)cc(C(OC)c2ccccc2)n1. The lowest BCUT2D eigenvalue weighted by Crippen LogP contribution is -2.22. The van der Waals surface area contributed by atoms with Crippen LogP contribution >= 0.6 is 0 Å². The van der Waals surface area contributed by atoms with Crippen LogP contribution in [-0.2, 0) is 4.74 Å². The Bertz CT molecular complexity index is 926. The van der Waals surface area contributed by atoms with Gasteiger partial charge in [-0.2, -0.15) is 5.10 Å². The second kappa shape index (κ2) is 8.24. The van der Waals surface area contributed by atoms with Gasteiger partial charge in [-0.15, -0.1) is 0 Å². The number of carbonyl (C=O) groups excluding carboxylic acids is 2. The lowest BCUT2D eigenvalue weighted by molar-refractivity contribution is 0.0955. The van der Waals surface area contributed by atoms with E-state index in [0.717, 1.165) is 5.56 Å². The van der Waals surface area contributed by atoms with Gasteiger partial charge in [0.05, 0.1) is 17.6 Å². The third-order valence-corrected chi connectivity index (χ3v) is 3.93. The summed E-state index contributed by atoms with van der Waals surface area (Å²) in [5.41, 5.74) is 2.26. The summed E-state index contributed by atoms with van der Waals surface area (Å²) >= 11 is 0. The molecule has 138 valence electrons. The van der Waals surface area contributed by atoms with Crippen molar-refractivity contribution in [1.82, 2.24) is 20.5 Å². The van der Waals surface area contributed by atoms with Gasteiger partial charge in [0, 0.05) is 25.9 Å². The highest BCUT2D eigenvalue weighted by Gasteiger charge is 2.20. The molecular formula is C19H19N5O3. The van der Waals surface area contributed by atoms with E-state index in [4.69, 9.17) is 4.74 Å². The molecule has 0 aliphatic rings. The molecule has 8 heteroatoms. The molecule has 1 atom stereocenters. The molecule has 2 heterocycles. The molecule has 0 saturated heterocycles. The zero-order valence-electron chi connectivity index (χ0n) is 14.9. The molecule has 2 aromatic heterocycles. The molecule has 0 aliphatic heterocycles. The highest BCUT2D eigenvalue weighted by Crippen LogP contribution is 2.25. The van der Waals surface area contributed by atoms with Crippen molar-refractivity contribution in [2.75, 3.05) is 19.5 Å². The van der Waals surface area contributed by atoms with Crippen molar-refractivity contribution in [3.05, 3.63) is 77.4 Å². The molecule has 8 nitrogen and oxygen atoms in total. The Kier molecular flexibility index (Phi) is 5.58. The van der Waals surface area contributed by atoms with E-state index in [1.807, 2.05) is 30.3 Å². The van der Waals surface area contributed by atoms with Crippen LogP contribution < -0.4 is 10.6 Å². The number of hydrogen-bond donors (Lipinski definition) is 3. The maximum absolute atomic E-state index is 12.6. The van der Waals surface area contributed by atoms with Gasteiger partial charge >= 0.3 is 0 Å². The number of pyridine rings is 1. The fourth-order valence-electron chi connectivity index (χ4n) is 2.64. The van der Waals surface area contributed by atoms with E-state index in [1.165, 1.54) is 19.3 Å². The number of aromatic nitrogens is 3. The largest absolute Gasteiger partial charge is 0.370 e. The van der Waals surface area contributed by atoms with Gasteiger partial charge in [0.1, 0.15) is 11.8 Å². The molecule has 0 saturated carbocycles. The summed E-state index contributed by atoms with van der Waals surface area (Å²) in [4.78, 5) is 29.2. The van der Waals surface area contributed by atoms with Crippen molar-refractivity contribution in [2.45, 2.75) is 6.10 Å². The second-order valence-electron chi connectivity index (χ2n) is 5.71. The number of methoxy groups -OCH3 is 1. The van der Waals surface area contributed by atoms with Crippen molar-refractivity contribution in [1.29, 1.82) is 0 Å². The number of anilines is 1. The molecule has 1 aromatic carbocycles. The summed E-state index contributed by atoms with van der Waals surface area (Å²) in [5, 5.41) is 11.7. The van der Waals surface area contributed by atoms with Crippen LogP contribution in [0.1, 0.15) is 38.2 Å². The Morgan fingerprint density at radius 1 is 1.15 bits per heavy atom. The number of rotatable bonds is 6. The minimum atomic E-state index is -0.517. The molecule has 2 amide bonds. The van der Waals surface area contributed by atoms with Gasteiger partial charge in [-0.3, -0.25) is 14.7 Å². The molecule has 3 aromatic rings. The molecule has 3 rings (SSSR count). The average Bonchev–Trinajstić information content (AvgIpc) is 3.21. The van der Waals surface area contributed by atoms with Crippen molar-refractivity contribution in [3.63, 3.8) is 0 Å². The van der Waals surface area contributed by atoms with E-state index in [1.54, 1.807) is 19.4 Å². The quantitative estimate of drug-likeness (QED) is 0.620. The van der Waals surface area contributed by atoms with Crippen LogP contribution in [0, 0.1) is 0 Å². The summed E-state index contributed by atoms with van der Waals surface area (Å²) in [6.07, 6.45) is 2.53. The third kappa shape index (κ3) is 4.18. The number of amides is 2. The molecule has 3 N–H and O–H groups in total. The van der Waals surface area contributed by atoms with Crippen LogP contribution in [0.3, 0.4) is 0 Å². The van der Waals surface area contributed by atoms with Gasteiger partial charge in [-0.05, 0) is 17.7 Å². The van der Waals surface area contributed by atoms with E-state index in [0.29, 0.717) is 11.4 Å². The van der Waals surface area contributed by atoms with Gasteiger partial charge in [0.15, 0.2) is 0 Å². The number of aromatic amines is 1. The van der Waals surface area contributed by atoms with E-state index in [2.05, 4.69) is 25.8 Å². The van der Waals surface area contributed by atoms with E-state index >= 15 is 0 Å². The first-order valence-electron chi connectivity index (χ1n) is 8.24. The maximum atomic E-state index is 12.6. The molecule has 0 bridgehead atoms. The van der Waals surface area contributed by atoms with Crippen molar-refractivity contribution in [2.24, 2.45) is 0 Å². The fraction of sp³-hybridized carbons (Fsp3) is 0.158. The molecule has 0 aliphatic carbocycles. The number of nitrogens with one attached hydrogen (secondary N) is 3. The average molecular weight is 365 g/mol. The van der Waals surface area contributed by atoms with Gasteiger partial charge in [-0.1, -0.05) is 30.3 Å². The van der Waals surface area contributed by atoms with Crippen LogP contribution in [0.15, 0.2) is 54.9 Å². The lowest BCUT2D eigenvalue weighted by Gasteiger charge is -2.17. The van der Waals surface area contributed by atoms with Crippen molar-refractivity contribution < 1.29 is 14.3 Å². The molecule has 1 unspecified atom stereocenters. The first-order chi connectivity index (χ1) is 13.1. The zero-order chi connectivity index (χ0) is 19.2. The van der Waals surface area contributed by atoms with Crippen LogP contribution in [-0.4, -0.2) is 41.2 Å². The first kappa shape index (κ1) is 18.3. The van der Waals surface area contributed by atoms with Crippen LogP contribution in [0.2, 0.25) is 0 Å². The summed E-state index contributed by atoms with van der Waals surface area (Å²) in [7, 11) is 3.06. The van der Waals surface area contributed by atoms with Crippen molar-refractivity contribution >= 4 is 17.5 Å². The summed E-state index contributed by atoms with van der Waals surface area (Å²) in [6.45, 7) is 0. The van der Waals surface area contributed by atoms with Crippen LogP contribution in [0.4, 0.5) is 5.69 Å². The third-order valence-electron chi connectivity index (χ3n) is 3.93. The zero-order valence-corrected chi connectivity index (χ0v) is 14.9. The van der Waals surface area contributed by atoms with Gasteiger partial charge in [-0.25, -0.2) is 4.98 Å². The number of hydrogen-bond acceptors (Lipinski definition) is 5. The second-order valence-corrected chi connectivity index (χ2v) is 5.71. The Morgan fingerprint density at radius 3 is 2.56 bits per heavy atom. The minimum Gasteiger partial charge on any atom is -0.370 e. The number of benzene rings is 1. The molecule has 27 heavy (non-hydrogen) atoms. The molecule has 0 spiro atoms. The van der Waals surface area contributed by atoms with Gasteiger partial charge < -0.3 is 15.4 Å². The predicted octanol–water partition coefficient (Wildman–Crippen LogP) is 2.15. The topological polar surface area (TPSA) is 109 Å². The predicted molar refractivity (Wildman–Crippen MR) is 99.5 cm³/mol. The Morgan fingerprint density at radius 2 is 1.93 bits per heavy atom.